The molecule has 3 rings (SSSR count). The van der Waals surface area contributed by atoms with Gasteiger partial charge in [-0.1, -0.05) is 0 Å². The lowest BCUT2D eigenvalue weighted by atomic mass is 10.1. The van der Waals surface area contributed by atoms with Crippen molar-refractivity contribution in [1.29, 1.82) is 0 Å². The standard InChI is InChI=1S/C21H25N5O2S2/c1-13(27)25-15-7-8-16(18(10-15)30(28)26-21(2,3)4)17-12-24-20(29-17)14-6-9-19(22-5)23-11-14/h6-12,26H,1-5H3,(H,22,23)(H,25,27). The number of carbonyl (C=O) groups excluding carboxylic acids is 1. The minimum atomic E-state index is -1.47. The smallest absolute Gasteiger partial charge is 0.221 e. The molecular weight excluding hydrogens is 418 g/mol. The Labute approximate surface area is 183 Å². The van der Waals surface area contributed by atoms with Crippen LogP contribution >= 0.6 is 11.3 Å². The number of nitrogens with one attached hydrogen (secondary N) is 3. The van der Waals surface area contributed by atoms with Crippen molar-refractivity contribution >= 4 is 40.1 Å². The highest BCUT2D eigenvalue weighted by Gasteiger charge is 2.25. The molecule has 7 nitrogen and oxygen atoms in total. The van der Waals surface area contributed by atoms with Gasteiger partial charge < -0.3 is 15.2 Å². The van der Waals surface area contributed by atoms with Gasteiger partial charge in [-0.15, -0.1) is 16.1 Å². The number of amides is 1. The second-order valence-corrected chi connectivity index (χ2v) is 9.94. The van der Waals surface area contributed by atoms with E-state index in [1.807, 2.05) is 46.0 Å². The Morgan fingerprint density at radius 3 is 2.50 bits per heavy atom. The summed E-state index contributed by atoms with van der Waals surface area (Å²) in [6.45, 7) is 7.30. The maximum absolute atomic E-state index is 13.1. The normalized spacial score (nSPS) is 12.5. The van der Waals surface area contributed by atoms with Crippen molar-refractivity contribution in [3.05, 3.63) is 42.7 Å². The second-order valence-electron chi connectivity index (χ2n) is 7.72. The maximum atomic E-state index is 13.1. The molecule has 2 aromatic heterocycles. The van der Waals surface area contributed by atoms with Gasteiger partial charge in [-0.05, 0) is 45.0 Å². The van der Waals surface area contributed by atoms with E-state index < -0.39 is 11.4 Å². The predicted molar refractivity (Wildman–Crippen MR) is 124 cm³/mol. The van der Waals surface area contributed by atoms with Crippen LogP contribution in [0.15, 0.2) is 47.6 Å². The van der Waals surface area contributed by atoms with Gasteiger partial charge in [0.15, 0.2) is 4.90 Å². The van der Waals surface area contributed by atoms with Gasteiger partial charge in [-0.3, -0.25) is 4.79 Å². The van der Waals surface area contributed by atoms with E-state index in [9.17, 15) is 9.35 Å². The third-order valence-corrected chi connectivity index (χ3v) is 6.55. The molecular formula is C21H25N5O2S2. The van der Waals surface area contributed by atoms with Crippen molar-refractivity contribution in [3.63, 3.8) is 0 Å². The van der Waals surface area contributed by atoms with Crippen molar-refractivity contribution in [2.24, 2.45) is 0 Å². The number of anilines is 2. The van der Waals surface area contributed by atoms with Crippen LogP contribution in [0, 0.1) is 0 Å². The van der Waals surface area contributed by atoms with E-state index in [2.05, 4.69) is 25.3 Å². The van der Waals surface area contributed by atoms with E-state index in [0.29, 0.717) is 10.6 Å². The Morgan fingerprint density at radius 2 is 1.90 bits per heavy atom. The summed E-state index contributed by atoms with van der Waals surface area (Å²) in [5, 5.41) is 6.58. The highest BCUT2D eigenvalue weighted by molar-refractivity contribution is 7.89. The summed E-state index contributed by atoms with van der Waals surface area (Å²) in [4.78, 5) is 21.8. The molecule has 0 saturated heterocycles. The van der Waals surface area contributed by atoms with E-state index in [4.69, 9.17) is 0 Å². The van der Waals surface area contributed by atoms with Gasteiger partial charge in [0, 0.05) is 43.7 Å². The second kappa shape index (κ2) is 9.13. The molecule has 0 spiro atoms. The number of aromatic nitrogens is 2. The third-order valence-electron chi connectivity index (χ3n) is 3.94. The molecule has 0 fully saturated rings. The van der Waals surface area contributed by atoms with Crippen molar-refractivity contribution in [2.75, 3.05) is 17.7 Å². The van der Waals surface area contributed by atoms with Crippen LogP contribution < -0.4 is 15.4 Å². The fraction of sp³-hybridized carbons (Fsp3) is 0.286. The first-order chi connectivity index (χ1) is 14.2. The van der Waals surface area contributed by atoms with Crippen molar-refractivity contribution < 1.29 is 9.35 Å². The van der Waals surface area contributed by atoms with Gasteiger partial charge in [0.25, 0.3) is 0 Å². The molecule has 1 atom stereocenters. The number of hydrogen-bond acceptors (Lipinski definition) is 7. The quantitative estimate of drug-likeness (QED) is 0.492. The monoisotopic (exact) mass is 443 g/mol. The predicted octanol–water partition coefficient (Wildman–Crippen LogP) is 4.28. The van der Waals surface area contributed by atoms with Crippen LogP contribution in [0.5, 0.6) is 0 Å². The SMILES string of the molecule is CNc1ccc(-c2ncc(-c3ccc(NC(C)=O)cc3[S+]([O-])NC(C)(C)C)s2)cn1. The zero-order valence-electron chi connectivity index (χ0n) is 17.6. The summed E-state index contributed by atoms with van der Waals surface area (Å²) < 4.78 is 16.2. The van der Waals surface area contributed by atoms with E-state index in [1.54, 1.807) is 24.5 Å². The summed E-state index contributed by atoms with van der Waals surface area (Å²) in [6.07, 6.45) is 3.55. The summed E-state index contributed by atoms with van der Waals surface area (Å²) in [5.41, 5.74) is 1.98. The first kappa shape index (κ1) is 22.2. The summed E-state index contributed by atoms with van der Waals surface area (Å²) in [6, 6.07) is 9.27. The molecule has 2 heterocycles. The van der Waals surface area contributed by atoms with Crippen LogP contribution in [-0.4, -0.2) is 33.0 Å². The Morgan fingerprint density at radius 1 is 1.13 bits per heavy atom. The summed E-state index contributed by atoms with van der Waals surface area (Å²) >= 11 is 0.0281. The average Bonchev–Trinajstić information content (AvgIpc) is 3.16. The number of benzene rings is 1. The first-order valence-electron chi connectivity index (χ1n) is 9.38. The van der Waals surface area contributed by atoms with E-state index >= 15 is 0 Å². The topological polar surface area (TPSA) is 102 Å². The first-order valence-corrected chi connectivity index (χ1v) is 11.3. The van der Waals surface area contributed by atoms with Crippen molar-refractivity contribution in [2.45, 2.75) is 38.1 Å². The molecule has 0 bridgehead atoms. The molecule has 9 heteroatoms. The molecule has 1 amide bonds. The number of carbonyl (C=O) groups is 1. The molecule has 30 heavy (non-hydrogen) atoms. The minimum Gasteiger partial charge on any atom is -0.593 e. The van der Waals surface area contributed by atoms with Gasteiger partial charge in [0.2, 0.25) is 5.91 Å². The fourth-order valence-corrected chi connectivity index (χ4v) is 4.98. The number of pyridine rings is 1. The molecule has 1 unspecified atom stereocenters. The van der Waals surface area contributed by atoms with E-state index in [-0.39, 0.29) is 11.4 Å². The van der Waals surface area contributed by atoms with Gasteiger partial charge in [0.05, 0.1) is 27.3 Å². The zero-order chi connectivity index (χ0) is 21.9. The summed E-state index contributed by atoms with van der Waals surface area (Å²) in [5.74, 6) is 0.607. The van der Waals surface area contributed by atoms with Crippen molar-refractivity contribution in [3.8, 4) is 21.0 Å². The highest BCUT2D eigenvalue weighted by Crippen LogP contribution is 2.37. The van der Waals surface area contributed by atoms with Gasteiger partial charge in [-0.2, -0.15) is 0 Å². The highest BCUT2D eigenvalue weighted by atomic mass is 32.2. The zero-order valence-corrected chi connectivity index (χ0v) is 19.2. The van der Waals surface area contributed by atoms with Crippen LogP contribution in [0.3, 0.4) is 0 Å². The van der Waals surface area contributed by atoms with Gasteiger partial charge in [-0.25, -0.2) is 9.97 Å². The Hall–Kier alpha value is -2.46. The van der Waals surface area contributed by atoms with Crippen LogP contribution in [0.1, 0.15) is 27.7 Å². The maximum Gasteiger partial charge on any atom is 0.221 e. The van der Waals surface area contributed by atoms with E-state index in [1.165, 1.54) is 18.3 Å². The average molecular weight is 444 g/mol. The molecule has 3 N–H and O–H groups in total. The lowest BCUT2D eigenvalue weighted by molar-refractivity contribution is -0.114. The van der Waals surface area contributed by atoms with Crippen LogP contribution in [-0.2, 0) is 16.2 Å². The molecule has 0 aliphatic heterocycles. The number of rotatable bonds is 6. The lowest BCUT2D eigenvalue weighted by Gasteiger charge is -2.23. The van der Waals surface area contributed by atoms with Crippen LogP contribution in [0.25, 0.3) is 21.0 Å². The van der Waals surface area contributed by atoms with Gasteiger partial charge in [0.1, 0.15) is 10.8 Å². The Kier molecular flexibility index (Phi) is 6.77. The Balaban J connectivity index is 1.99. The molecule has 0 aliphatic carbocycles. The number of hydrogen-bond donors (Lipinski definition) is 3. The van der Waals surface area contributed by atoms with Crippen LogP contribution in [0.2, 0.25) is 0 Å². The third kappa shape index (κ3) is 5.57. The minimum absolute atomic E-state index is 0.180. The largest absolute Gasteiger partial charge is 0.593 e. The van der Waals surface area contributed by atoms with Crippen LogP contribution in [0.4, 0.5) is 11.5 Å². The molecule has 0 aliphatic rings. The molecule has 158 valence electrons. The molecule has 0 radical (unpaired) electrons. The molecule has 0 saturated carbocycles. The molecule has 3 aromatic rings. The number of thiazole rings is 1. The van der Waals surface area contributed by atoms with E-state index in [0.717, 1.165) is 26.8 Å². The molecule has 1 aromatic carbocycles. The number of nitrogens with zero attached hydrogens (tertiary/aromatic N) is 2. The van der Waals surface area contributed by atoms with Crippen molar-refractivity contribution in [1.82, 2.24) is 14.7 Å². The lowest BCUT2D eigenvalue weighted by Crippen LogP contribution is -2.40. The van der Waals surface area contributed by atoms with Gasteiger partial charge >= 0.3 is 0 Å². The Bertz CT molecular complexity index is 1030. The fourth-order valence-electron chi connectivity index (χ4n) is 2.69. The summed E-state index contributed by atoms with van der Waals surface area (Å²) in [7, 11) is 1.82.